The lowest BCUT2D eigenvalue weighted by Crippen LogP contribution is -2.23. The topological polar surface area (TPSA) is 77.8 Å². The molecule has 0 aliphatic carbocycles. The molecular weight excluding hydrogens is 346 g/mol. The van der Waals surface area contributed by atoms with Crippen molar-refractivity contribution in [2.45, 2.75) is 19.9 Å². The summed E-state index contributed by atoms with van der Waals surface area (Å²) in [5.41, 5.74) is 2.31. The molecule has 3 aromatic rings. The van der Waals surface area contributed by atoms with Crippen LogP contribution in [0.15, 0.2) is 51.7 Å². The van der Waals surface area contributed by atoms with Crippen molar-refractivity contribution in [2.75, 3.05) is 14.2 Å². The molecule has 6 heteroatoms. The van der Waals surface area contributed by atoms with Crippen LogP contribution < -0.4 is 20.4 Å². The maximum atomic E-state index is 12.6. The van der Waals surface area contributed by atoms with Crippen LogP contribution in [0.25, 0.3) is 11.0 Å². The summed E-state index contributed by atoms with van der Waals surface area (Å²) in [6.07, 6.45) is 0.866. The molecule has 1 amide bonds. The van der Waals surface area contributed by atoms with Crippen LogP contribution in [-0.2, 0) is 13.0 Å². The molecule has 1 aromatic heterocycles. The fourth-order valence-electron chi connectivity index (χ4n) is 2.86. The van der Waals surface area contributed by atoms with Gasteiger partial charge in [-0.15, -0.1) is 0 Å². The highest BCUT2D eigenvalue weighted by atomic mass is 16.5. The number of rotatable bonds is 6. The Hall–Kier alpha value is -3.28. The van der Waals surface area contributed by atoms with Crippen LogP contribution >= 0.6 is 0 Å². The molecule has 0 atom stereocenters. The maximum absolute atomic E-state index is 12.6. The lowest BCUT2D eigenvalue weighted by molar-refractivity contribution is 0.0950. The Balaban J connectivity index is 1.88. The Labute approximate surface area is 156 Å². The van der Waals surface area contributed by atoms with Gasteiger partial charge in [0.25, 0.3) is 5.91 Å². The van der Waals surface area contributed by atoms with Crippen LogP contribution in [0.3, 0.4) is 0 Å². The minimum Gasteiger partial charge on any atom is -0.497 e. The molecule has 0 radical (unpaired) electrons. The Morgan fingerprint density at radius 1 is 1.04 bits per heavy atom. The monoisotopic (exact) mass is 367 g/mol. The number of benzene rings is 2. The van der Waals surface area contributed by atoms with Crippen molar-refractivity contribution in [3.63, 3.8) is 0 Å². The van der Waals surface area contributed by atoms with E-state index in [-0.39, 0.29) is 12.5 Å². The highest BCUT2D eigenvalue weighted by molar-refractivity contribution is 5.95. The van der Waals surface area contributed by atoms with Gasteiger partial charge >= 0.3 is 5.63 Å². The second-order valence-electron chi connectivity index (χ2n) is 6.06. The number of nitrogens with one attached hydrogen (secondary N) is 1. The Kier molecular flexibility index (Phi) is 5.45. The third kappa shape index (κ3) is 4.11. The fraction of sp³-hybridized carbons (Fsp3) is 0.238. The second-order valence-corrected chi connectivity index (χ2v) is 6.06. The summed E-state index contributed by atoms with van der Waals surface area (Å²) in [5, 5.41) is 3.66. The summed E-state index contributed by atoms with van der Waals surface area (Å²) in [4.78, 5) is 24.4. The summed E-state index contributed by atoms with van der Waals surface area (Å²) in [6.45, 7) is 2.26. The first kappa shape index (κ1) is 18.5. The van der Waals surface area contributed by atoms with Gasteiger partial charge in [-0.05, 0) is 41.8 Å². The van der Waals surface area contributed by atoms with Gasteiger partial charge in [0.15, 0.2) is 0 Å². The van der Waals surface area contributed by atoms with Gasteiger partial charge in [-0.1, -0.05) is 13.0 Å². The van der Waals surface area contributed by atoms with Gasteiger partial charge in [0.1, 0.15) is 17.1 Å². The second kappa shape index (κ2) is 7.95. The zero-order valence-electron chi connectivity index (χ0n) is 15.5. The Morgan fingerprint density at radius 3 is 2.37 bits per heavy atom. The van der Waals surface area contributed by atoms with E-state index >= 15 is 0 Å². The SMILES string of the molecule is CCc1ccc2oc(=O)cc(CNC(=O)c3cc(OC)cc(OC)c3)c2c1. The van der Waals surface area contributed by atoms with E-state index in [0.29, 0.717) is 28.2 Å². The number of ether oxygens (including phenoxy) is 2. The summed E-state index contributed by atoms with van der Waals surface area (Å²) in [5.74, 6) is 0.760. The average Bonchev–Trinajstić information content (AvgIpc) is 2.70. The Morgan fingerprint density at radius 2 is 1.74 bits per heavy atom. The average molecular weight is 367 g/mol. The summed E-state index contributed by atoms with van der Waals surface area (Å²) >= 11 is 0. The molecule has 0 aliphatic rings. The van der Waals surface area contributed by atoms with Gasteiger partial charge in [0.05, 0.1) is 14.2 Å². The van der Waals surface area contributed by atoms with E-state index in [1.807, 2.05) is 12.1 Å². The highest BCUT2D eigenvalue weighted by Gasteiger charge is 2.12. The van der Waals surface area contributed by atoms with Gasteiger partial charge in [-0.25, -0.2) is 4.79 Å². The van der Waals surface area contributed by atoms with Gasteiger partial charge in [-0.2, -0.15) is 0 Å². The van der Waals surface area contributed by atoms with E-state index in [4.69, 9.17) is 13.9 Å². The smallest absolute Gasteiger partial charge is 0.336 e. The number of hydrogen-bond donors (Lipinski definition) is 1. The first-order chi connectivity index (χ1) is 13.0. The van der Waals surface area contributed by atoms with Crippen molar-refractivity contribution < 1.29 is 18.7 Å². The minimum atomic E-state index is -0.445. The third-order valence-corrected chi connectivity index (χ3v) is 4.35. The van der Waals surface area contributed by atoms with Gasteiger partial charge in [0, 0.05) is 29.6 Å². The molecule has 0 saturated carbocycles. The summed E-state index contributed by atoms with van der Waals surface area (Å²) < 4.78 is 15.6. The van der Waals surface area contributed by atoms with Crippen molar-refractivity contribution in [1.82, 2.24) is 5.32 Å². The number of carbonyl (C=O) groups excluding carboxylic acids is 1. The van der Waals surface area contributed by atoms with Crippen molar-refractivity contribution in [2.24, 2.45) is 0 Å². The number of methoxy groups -OCH3 is 2. The predicted octanol–water partition coefficient (Wildman–Crippen LogP) is 3.30. The van der Waals surface area contributed by atoms with Gasteiger partial charge in [-0.3, -0.25) is 4.79 Å². The Bertz CT molecular complexity index is 1020. The van der Waals surface area contributed by atoms with Crippen LogP contribution in [0.5, 0.6) is 11.5 Å². The molecule has 0 unspecified atom stereocenters. The third-order valence-electron chi connectivity index (χ3n) is 4.35. The summed E-state index contributed by atoms with van der Waals surface area (Å²) in [7, 11) is 3.05. The van der Waals surface area contributed by atoms with Crippen LogP contribution in [0.1, 0.15) is 28.4 Å². The van der Waals surface area contributed by atoms with E-state index in [1.165, 1.54) is 20.3 Å². The number of fused-ring (bicyclic) bond motifs is 1. The molecule has 0 spiro atoms. The van der Waals surface area contributed by atoms with Crippen molar-refractivity contribution in [3.8, 4) is 11.5 Å². The van der Waals surface area contributed by atoms with E-state index in [2.05, 4.69) is 12.2 Å². The molecule has 6 nitrogen and oxygen atoms in total. The van der Waals surface area contributed by atoms with Crippen molar-refractivity contribution in [1.29, 1.82) is 0 Å². The molecule has 3 rings (SSSR count). The maximum Gasteiger partial charge on any atom is 0.336 e. The van der Waals surface area contributed by atoms with Gasteiger partial charge in [0.2, 0.25) is 0 Å². The quantitative estimate of drug-likeness (QED) is 0.677. The molecule has 140 valence electrons. The number of amides is 1. The van der Waals surface area contributed by atoms with Crippen molar-refractivity contribution >= 4 is 16.9 Å². The first-order valence-corrected chi connectivity index (χ1v) is 8.61. The molecule has 0 bridgehead atoms. The predicted molar refractivity (Wildman–Crippen MR) is 103 cm³/mol. The fourth-order valence-corrected chi connectivity index (χ4v) is 2.86. The van der Waals surface area contributed by atoms with Crippen LogP contribution in [-0.4, -0.2) is 20.1 Å². The summed E-state index contributed by atoms with van der Waals surface area (Å²) in [6, 6.07) is 12.1. The molecule has 1 heterocycles. The molecule has 0 saturated heterocycles. The van der Waals surface area contributed by atoms with E-state index in [9.17, 15) is 9.59 Å². The first-order valence-electron chi connectivity index (χ1n) is 8.61. The normalized spacial score (nSPS) is 10.6. The van der Waals surface area contributed by atoms with E-state index in [1.54, 1.807) is 24.3 Å². The minimum absolute atomic E-state index is 0.202. The number of aryl methyl sites for hydroxylation is 1. The molecule has 0 fully saturated rings. The van der Waals surface area contributed by atoms with Crippen LogP contribution in [0.2, 0.25) is 0 Å². The number of carbonyl (C=O) groups is 1. The standard InChI is InChI=1S/C21H21NO5/c1-4-13-5-6-19-18(7-13)15(10-20(23)27-19)12-22-21(24)14-8-16(25-2)11-17(9-14)26-3/h5-11H,4,12H2,1-3H3,(H,22,24). The molecule has 0 aliphatic heterocycles. The van der Waals surface area contributed by atoms with Crippen LogP contribution in [0.4, 0.5) is 0 Å². The highest BCUT2D eigenvalue weighted by Crippen LogP contribution is 2.23. The van der Waals surface area contributed by atoms with Crippen LogP contribution in [0, 0.1) is 0 Å². The molecular formula is C21H21NO5. The molecule has 2 aromatic carbocycles. The largest absolute Gasteiger partial charge is 0.497 e. The van der Waals surface area contributed by atoms with Gasteiger partial charge < -0.3 is 19.2 Å². The lowest BCUT2D eigenvalue weighted by atomic mass is 10.1. The zero-order valence-corrected chi connectivity index (χ0v) is 15.5. The van der Waals surface area contributed by atoms with E-state index < -0.39 is 5.63 Å². The lowest BCUT2D eigenvalue weighted by Gasteiger charge is -2.11. The van der Waals surface area contributed by atoms with E-state index in [0.717, 1.165) is 17.4 Å². The zero-order chi connectivity index (χ0) is 19.4. The number of hydrogen-bond acceptors (Lipinski definition) is 5. The molecule has 27 heavy (non-hydrogen) atoms. The van der Waals surface area contributed by atoms with Crippen molar-refractivity contribution in [3.05, 3.63) is 69.6 Å². The molecule has 1 N–H and O–H groups in total.